The zero-order valence-electron chi connectivity index (χ0n) is 15.0. The number of nitrogens with one attached hydrogen (secondary N) is 1. The van der Waals surface area contributed by atoms with Gasteiger partial charge in [0.25, 0.3) is 0 Å². The smallest absolute Gasteiger partial charge is 0.240 e. The van der Waals surface area contributed by atoms with Crippen molar-refractivity contribution in [2.24, 2.45) is 5.41 Å². The van der Waals surface area contributed by atoms with Crippen LogP contribution in [0.1, 0.15) is 38.3 Å². The van der Waals surface area contributed by atoms with E-state index < -0.39 is 15.4 Å². The first kappa shape index (κ1) is 18.4. The first-order chi connectivity index (χ1) is 11.7. The lowest BCUT2D eigenvalue weighted by Gasteiger charge is -2.33. The summed E-state index contributed by atoms with van der Waals surface area (Å²) < 4.78 is 33.0. The monoisotopic (exact) mass is 366 g/mol. The van der Waals surface area contributed by atoms with Gasteiger partial charge in [-0.25, -0.2) is 13.1 Å². The fourth-order valence-corrected chi connectivity index (χ4v) is 4.56. The number of fused-ring (bicyclic) bond motifs is 1. The summed E-state index contributed by atoms with van der Waals surface area (Å²) in [6, 6.07) is 5.05. The summed E-state index contributed by atoms with van der Waals surface area (Å²) in [5, 5.41) is 0. The maximum atomic E-state index is 12.5. The average molecular weight is 366 g/mol. The standard InChI is InChI=1S/C18H26N2O4S/c1-18(2,3)17(21)20-8-6-13-10-16(5-4-14(13)11-20)25(22,23)19-15-7-9-24-12-15/h4-5,10,15,19H,6-9,11-12H2,1-3H3. The molecule has 138 valence electrons. The van der Waals surface area contributed by atoms with Crippen LogP contribution in [-0.2, 0) is 32.5 Å². The second-order valence-electron chi connectivity index (χ2n) is 7.84. The quantitative estimate of drug-likeness (QED) is 0.883. The molecular weight excluding hydrogens is 340 g/mol. The molecule has 0 radical (unpaired) electrons. The van der Waals surface area contributed by atoms with Gasteiger partial charge in [-0.3, -0.25) is 4.79 Å². The number of carbonyl (C=O) groups excluding carboxylic acids is 1. The third-order valence-corrected chi connectivity index (χ3v) is 6.20. The Labute approximate surface area is 149 Å². The maximum absolute atomic E-state index is 12.5. The summed E-state index contributed by atoms with van der Waals surface area (Å²) in [7, 11) is -3.54. The van der Waals surface area contributed by atoms with Crippen molar-refractivity contribution in [2.45, 2.75) is 51.1 Å². The number of carbonyl (C=O) groups is 1. The van der Waals surface area contributed by atoms with Crippen molar-refractivity contribution in [3.05, 3.63) is 29.3 Å². The Morgan fingerprint density at radius 3 is 2.68 bits per heavy atom. The van der Waals surface area contributed by atoms with Crippen LogP contribution in [0, 0.1) is 5.41 Å². The number of hydrogen-bond acceptors (Lipinski definition) is 4. The second kappa shape index (κ2) is 6.70. The highest BCUT2D eigenvalue weighted by Crippen LogP contribution is 2.26. The molecule has 1 N–H and O–H groups in total. The predicted molar refractivity (Wildman–Crippen MR) is 94.6 cm³/mol. The lowest BCUT2D eigenvalue weighted by Crippen LogP contribution is -2.42. The van der Waals surface area contributed by atoms with Gasteiger partial charge in [-0.1, -0.05) is 26.8 Å². The number of sulfonamides is 1. The van der Waals surface area contributed by atoms with Crippen LogP contribution in [0.3, 0.4) is 0 Å². The normalized spacial score (nSPS) is 21.2. The summed E-state index contributed by atoms with van der Waals surface area (Å²) in [4.78, 5) is 14.6. The van der Waals surface area contributed by atoms with Gasteiger partial charge in [0, 0.05) is 31.2 Å². The molecule has 1 aromatic carbocycles. The molecule has 25 heavy (non-hydrogen) atoms. The van der Waals surface area contributed by atoms with Crippen LogP contribution in [-0.4, -0.2) is 45.0 Å². The van der Waals surface area contributed by atoms with E-state index in [0.29, 0.717) is 39.1 Å². The highest BCUT2D eigenvalue weighted by atomic mass is 32.2. The van der Waals surface area contributed by atoms with E-state index in [2.05, 4.69) is 4.72 Å². The average Bonchev–Trinajstić information content (AvgIpc) is 3.04. The Hall–Kier alpha value is -1.44. The Kier molecular flexibility index (Phi) is 4.92. The number of nitrogens with zero attached hydrogens (tertiary/aromatic N) is 1. The van der Waals surface area contributed by atoms with Crippen LogP contribution in [0.5, 0.6) is 0 Å². The van der Waals surface area contributed by atoms with Crippen molar-refractivity contribution in [3.8, 4) is 0 Å². The highest BCUT2D eigenvalue weighted by molar-refractivity contribution is 7.89. The van der Waals surface area contributed by atoms with Crippen molar-refractivity contribution in [1.29, 1.82) is 0 Å². The van der Waals surface area contributed by atoms with E-state index in [4.69, 9.17) is 4.74 Å². The molecule has 1 amide bonds. The van der Waals surface area contributed by atoms with Gasteiger partial charge in [-0.15, -0.1) is 0 Å². The molecule has 0 spiro atoms. The van der Waals surface area contributed by atoms with Crippen LogP contribution >= 0.6 is 0 Å². The van der Waals surface area contributed by atoms with E-state index in [0.717, 1.165) is 11.1 Å². The Balaban J connectivity index is 1.76. The molecule has 2 heterocycles. The molecule has 1 atom stereocenters. The molecule has 6 nitrogen and oxygen atoms in total. The maximum Gasteiger partial charge on any atom is 0.240 e. The molecular formula is C18H26N2O4S. The van der Waals surface area contributed by atoms with Gasteiger partial charge in [-0.2, -0.15) is 0 Å². The van der Waals surface area contributed by atoms with E-state index in [9.17, 15) is 13.2 Å². The molecule has 0 saturated carbocycles. The SMILES string of the molecule is CC(C)(C)C(=O)N1CCc2cc(S(=O)(=O)NC3CCOC3)ccc2C1. The van der Waals surface area contributed by atoms with Crippen molar-refractivity contribution in [2.75, 3.05) is 19.8 Å². The third-order valence-electron chi connectivity index (χ3n) is 4.68. The molecule has 1 aromatic rings. The molecule has 0 bridgehead atoms. The molecule has 7 heteroatoms. The van der Waals surface area contributed by atoms with Gasteiger partial charge < -0.3 is 9.64 Å². The number of rotatable bonds is 3. The van der Waals surface area contributed by atoms with Crippen molar-refractivity contribution in [3.63, 3.8) is 0 Å². The van der Waals surface area contributed by atoms with Gasteiger partial charge >= 0.3 is 0 Å². The molecule has 1 fully saturated rings. The molecule has 0 aromatic heterocycles. The molecule has 2 aliphatic rings. The lowest BCUT2D eigenvalue weighted by molar-refractivity contribution is -0.140. The summed E-state index contributed by atoms with van der Waals surface area (Å²) in [5.74, 6) is 0.123. The highest BCUT2D eigenvalue weighted by Gasteiger charge is 2.30. The molecule has 2 aliphatic heterocycles. The predicted octanol–water partition coefficient (Wildman–Crippen LogP) is 1.68. The first-order valence-corrected chi connectivity index (χ1v) is 10.2. The summed E-state index contributed by atoms with van der Waals surface area (Å²) in [5.41, 5.74) is 1.61. The van der Waals surface area contributed by atoms with Crippen LogP contribution < -0.4 is 4.72 Å². The summed E-state index contributed by atoms with van der Waals surface area (Å²) in [6.07, 6.45) is 1.38. The zero-order chi connectivity index (χ0) is 18.2. The second-order valence-corrected chi connectivity index (χ2v) is 9.55. The molecule has 0 aliphatic carbocycles. The fraction of sp³-hybridized carbons (Fsp3) is 0.611. The number of amides is 1. The minimum absolute atomic E-state index is 0.123. The lowest BCUT2D eigenvalue weighted by atomic mass is 9.92. The van der Waals surface area contributed by atoms with E-state index in [-0.39, 0.29) is 16.8 Å². The largest absolute Gasteiger partial charge is 0.380 e. The van der Waals surface area contributed by atoms with Gasteiger partial charge in [0.1, 0.15) is 0 Å². The topological polar surface area (TPSA) is 75.7 Å². The van der Waals surface area contributed by atoms with Crippen LogP contribution in [0.4, 0.5) is 0 Å². The fourth-order valence-electron chi connectivity index (χ4n) is 3.26. The summed E-state index contributed by atoms with van der Waals surface area (Å²) in [6.45, 7) is 7.92. The van der Waals surface area contributed by atoms with E-state index in [1.807, 2.05) is 31.7 Å². The van der Waals surface area contributed by atoms with Gasteiger partial charge in [-0.05, 0) is 36.1 Å². The van der Waals surface area contributed by atoms with Crippen molar-refractivity contribution >= 4 is 15.9 Å². The van der Waals surface area contributed by atoms with Gasteiger partial charge in [0.15, 0.2) is 0 Å². The van der Waals surface area contributed by atoms with Crippen molar-refractivity contribution in [1.82, 2.24) is 9.62 Å². The van der Waals surface area contributed by atoms with Crippen molar-refractivity contribution < 1.29 is 17.9 Å². The molecule has 1 unspecified atom stereocenters. The third kappa shape index (κ3) is 4.04. The minimum Gasteiger partial charge on any atom is -0.380 e. The Bertz CT molecular complexity index is 762. The molecule has 1 saturated heterocycles. The van der Waals surface area contributed by atoms with E-state index in [1.165, 1.54) is 0 Å². The minimum atomic E-state index is -3.54. The van der Waals surface area contributed by atoms with Gasteiger partial charge in [0.05, 0.1) is 11.5 Å². The van der Waals surface area contributed by atoms with Gasteiger partial charge in [0.2, 0.25) is 15.9 Å². The number of ether oxygens (including phenoxy) is 1. The Morgan fingerprint density at radius 2 is 2.04 bits per heavy atom. The zero-order valence-corrected chi connectivity index (χ0v) is 15.9. The first-order valence-electron chi connectivity index (χ1n) is 8.68. The van der Waals surface area contributed by atoms with E-state index >= 15 is 0 Å². The number of hydrogen-bond donors (Lipinski definition) is 1. The molecule has 3 rings (SSSR count). The van der Waals surface area contributed by atoms with Crippen LogP contribution in [0.15, 0.2) is 23.1 Å². The van der Waals surface area contributed by atoms with E-state index in [1.54, 1.807) is 12.1 Å². The van der Waals surface area contributed by atoms with Crippen LogP contribution in [0.25, 0.3) is 0 Å². The van der Waals surface area contributed by atoms with Crippen LogP contribution in [0.2, 0.25) is 0 Å². The number of benzene rings is 1. The Morgan fingerprint density at radius 1 is 1.28 bits per heavy atom. The summed E-state index contributed by atoms with van der Waals surface area (Å²) >= 11 is 0.